The number of amides is 1. The summed E-state index contributed by atoms with van der Waals surface area (Å²) in [6, 6.07) is 0. The summed E-state index contributed by atoms with van der Waals surface area (Å²) in [7, 11) is 1.93. The van der Waals surface area contributed by atoms with Gasteiger partial charge >= 0.3 is 0 Å². The van der Waals surface area contributed by atoms with Crippen molar-refractivity contribution < 1.29 is 4.79 Å². The van der Waals surface area contributed by atoms with Crippen LogP contribution in [0.3, 0.4) is 0 Å². The highest BCUT2D eigenvalue weighted by molar-refractivity contribution is 5.76. The minimum absolute atomic E-state index is 0.0367. The topological polar surface area (TPSA) is 72.3 Å². The molecule has 0 saturated heterocycles. The van der Waals surface area contributed by atoms with Crippen molar-refractivity contribution in [1.82, 2.24) is 4.90 Å². The second-order valence-corrected chi connectivity index (χ2v) is 3.96. The predicted molar refractivity (Wildman–Crippen MR) is 52.1 cm³/mol. The lowest BCUT2D eigenvalue weighted by Crippen LogP contribution is -2.52. The van der Waals surface area contributed by atoms with Gasteiger partial charge in [0.15, 0.2) is 0 Å². The zero-order valence-corrected chi connectivity index (χ0v) is 8.25. The summed E-state index contributed by atoms with van der Waals surface area (Å²) >= 11 is 0. The summed E-state index contributed by atoms with van der Waals surface area (Å²) in [6.45, 7) is 0.938. The van der Waals surface area contributed by atoms with E-state index in [2.05, 4.69) is 0 Å². The van der Waals surface area contributed by atoms with Gasteiger partial charge in [0.1, 0.15) is 0 Å². The van der Waals surface area contributed by atoms with Crippen LogP contribution < -0.4 is 11.5 Å². The molecule has 0 spiro atoms. The molecule has 13 heavy (non-hydrogen) atoms. The van der Waals surface area contributed by atoms with Gasteiger partial charge in [0.25, 0.3) is 0 Å². The van der Waals surface area contributed by atoms with Gasteiger partial charge in [0, 0.05) is 12.1 Å². The monoisotopic (exact) mass is 185 g/mol. The SMILES string of the molecule is CN(CC(N)=O)C1(CN)CCCC1. The van der Waals surface area contributed by atoms with Crippen molar-refractivity contribution in [1.29, 1.82) is 0 Å². The van der Waals surface area contributed by atoms with Crippen LogP contribution in [0.25, 0.3) is 0 Å². The summed E-state index contributed by atoms with van der Waals surface area (Å²) in [6.07, 6.45) is 4.60. The molecular weight excluding hydrogens is 166 g/mol. The van der Waals surface area contributed by atoms with Crippen LogP contribution in [-0.2, 0) is 4.79 Å². The summed E-state index contributed by atoms with van der Waals surface area (Å²) in [5, 5.41) is 0. The van der Waals surface area contributed by atoms with Crippen LogP contribution in [0.5, 0.6) is 0 Å². The van der Waals surface area contributed by atoms with Gasteiger partial charge in [-0.1, -0.05) is 12.8 Å². The van der Waals surface area contributed by atoms with E-state index >= 15 is 0 Å². The number of hydrogen-bond acceptors (Lipinski definition) is 3. The molecule has 1 amide bonds. The van der Waals surface area contributed by atoms with Crippen molar-refractivity contribution in [3.05, 3.63) is 0 Å². The van der Waals surface area contributed by atoms with Crippen molar-refractivity contribution in [3.63, 3.8) is 0 Å². The van der Waals surface area contributed by atoms with Crippen LogP contribution >= 0.6 is 0 Å². The van der Waals surface area contributed by atoms with Crippen LogP contribution in [-0.4, -0.2) is 36.5 Å². The summed E-state index contributed by atoms with van der Waals surface area (Å²) in [5.41, 5.74) is 10.9. The molecule has 1 aliphatic rings. The molecule has 0 atom stereocenters. The molecule has 0 aliphatic heterocycles. The first-order valence-electron chi connectivity index (χ1n) is 4.80. The first-order valence-corrected chi connectivity index (χ1v) is 4.80. The Labute approximate surface area is 79.3 Å². The summed E-state index contributed by atoms with van der Waals surface area (Å²) < 4.78 is 0. The van der Waals surface area contributed by atoms with Crippen molar-refractivity contribution in [2.75, 3.05) is 20.1 Å². The molecule has 0 bridgehead atoms. The first kappa shape index (κ1) is 10.5. The van der Waals surface area contributed by atoms with Gasteiger partial charge in [0.05, 0.1) is 6.54 Å². The van der Waals surface area contributed by atoms with Crippen molar-refractivity contribution in [2.45, 2.75) is 31.2 Å². The fourth-order valence-electron chi connectivity index (χ4n) is 2.18. The van der Waals surface area contributed by atoms with Crippen molar-refractivity contribution in [2.24, 2.45) is 11.5 Å². The third kappa shape index (κ3) is 2.19. The standard InChI is InChI=1S/C9H19N3O/c1-12(6-8(11)13)9(7-10)4-2-3-5-9/h2-7,10H2,1H3,(H2,11,13). The molecule has 1 saturated carbocycles. The third-order valence-electron chi connectivity index (χ3n) is 3.12. The number of hydrogen-bond donors (Lipinski definition) is 2. The molecule has 0 radical (unpaired) electrons. The van der Waals surface area contributed by atoms with Gasteiger partial charge in [-0.15, -0.1) is 0 Å². The zero-order valence-electron chi connectivity index (χ0n) is 8.25. The number of carbonyl (C=O) groups excluding carboxylic acids is 1. The Bertz CT molecular complexity index is 187. The van der Waals surface area contributed by atoms with Crippen molar-refractivity contribution >= 4 is 5.91 Å². The molecule has 0 aromatic carbocycles. The number of nitrogens with two attached hydrogens (primary N) is 2. The van der Waals surface area contributed by atoms with E-state index in [-0.39, 0.29) is 11.4 Å². The summed E-state index contributed by atoms with van der Waals surface area (Å²) in [5.74, 6) is -0.276. The lowest BCUT2D eigenvalue weighted by Gasteiger charge is -2.37. The lowest BCUT2D eigenvalue weighted by molar-refractivity contribution is -0.120. The van der Waals surface area contributed by atoms with E-state index in [0.29, 0.717) is 13.1 Å². The Hall–Kier alpha value is -0.610. The van der Waals surface area contributed by atoms with E-state index < -0.39 is 0 Å². The number of primary amides is 1. The van der Waals surface area contributed by atoms with Crippen LogP contribution in [0.1, 0.15) is 25.7 Å². The Kier molecular flexibility index (Phi) is 3.27. The fraction of sp³-hybridized carbons (Fsp3) is 0.889. The number of likely N-dealkylation sites (N-methyl/N-ethyl adjacent to an activating group) is 1. The molecule has 4 N–H and O–H groups in total. The zero-order chi connectivity index (χ0) is 9.90. The molecule has 0 heterocycles. The second kappa shape index (κ2) is 4.07. The number of nitrogens with zero attached hydrogens (tertiary/aromatic N) is 1. The third-order valence-corrected chi connectivity index (χ3v) is 3.12. The van der Waals surface area contributed by atoms with Gasteiger partial charge in [-0.25, -0.2) is 0 Å². The van der Waals surface area contributed by atoms with Crippen LogP contribution in [0.15, 0.2) is 0 Å². The van der Waals surface area contributed by atoms with E-state index in [9.17, 15) is 4.79 Å². The van der Waals surface area contributed by atoms with Crippen LogP contribution in [0.4, 0.5) is 0 Å². The molecule has 76 valence electrons. The van der Waals surface area contributed by atoms with E-state index in [0.717, 1.165) is 12.8 Å². The molecule has 0 unspecified atom stereocenters. The summed E-state index contributed by atoms with van der Waals surface area (Å²) in [4.78, 5) is 12.8. The lowest BCUT2D eigenvalue weighted by atomic mass is 9.96. The largest absolute Gasteiger partial charge is 0.369 e. The number of carbonyl (C=O) groups is 1. The molecule has 1 rings (SSSR count). The average Bonchev–Trinajstić information content (AvgIpc) is 2.51. The van der Waals surface area contributed by atoms with Gasteiger partial charge in [-0.05, 0) is 19.9 Å². The minimum atomic E-state index is -0.276. The predicted octanol–water partition coefficient (Wildman–Crippen LogP) is -0.325. The molecular formula is C9H19N3O. The highest BCUT2D eigenvalue weighted by Crippen LogP contribution is 2.33. The minimum Gasteiger partial charge on any atom is -0.369 e. The first-order chi connectivity index (χ1) is 6.10. The molecule has 4 heteroatoms. The molecule has 1 fully saturated rings. The normalized spacial score (nSPS) is 20.8. The average molecular weight is 185 g/mol. The molecule has 1 aliphatic carbocycles. The maximum Gasteiger partial charge on any atom is 0.231 e. The quantitative estimate of drug-likeness (QED) is 0.630. The smallest absolute Gasteiger partial charge is 0.231 e. The molecule has 0 aromatic heterocycles. The van der Waals surface area contributed by atoms with Crippen LogP contribution in [0.2, 0.25) is 0 Å². The van der Waals surface area contributed by atoms with Gasteiger partial charge in [-0.3, -0.25) is 9.69 Å². The van der Waals surface area contributed by atoms with Crippen molar-refractivity contribution in [3.8, 4) is 0 Å². The highest BCUT2D eigenvalue weighted by Gasteiger charge is 2.36. The van der Waals surface area contributed by atoms with E-state index in [1.54, 1.807) is 0 Å². The Balaban J connectivity index is 2.59. The highest BCUT2D eigenvalue weighted by atomic mass is 16.1. The van der Waals surface area contributed by atoms with Crippen LogP contribution in [0, 0.1) is 0 Å². The Morgan fingerprint density at radius 2 is 2.00 bits per heavy atom. The van der Waals surface area contributed by atoms with E-state index in [1.165, 1.54) is 12.8 Å². The second-order valence-electron chi connectivity index (χ2n) is 3.96. The Morgan fingerprint density at radius 3 is 2.38 bits per heavy atom. The van der Waals surface area contributed by atoms with E-state index in [4.69, 9.17) is 11.5 Å². The molecule has 4 nitrogen and oxygen atoms in total. The Morgan fingerprint density at radius 1 is 1.46 bits per heavy atom. The van der Waals surface area contributed by atoms with E-state index in [1.807, 2.05) is 11.9 Å². The fourth-order valence-corrected chi connectivity index (χ4v) is 2.18. The molecule has 0 aromatic rings. The number of rotatable bonds is 4. The maximum atomic E-state index is 10.8. The van der Waals surface area contributed by atoms with Gasteiger partial charge < -0.3 is 11.5 Å². The maximum absolute atomic E-state index is 10.8. The van der Waals surface area contributed by atoms with Gasteiger partial charge in [0.2, 0.25) is 5.91 Å². The van der Waals surface area contributed by atoms with Gasteiger partial charge in [-0.2, -0.15) is 0 Å².